The molecule has 1 aliphatic heterocycles. The van der Waals surface area contributed by atoms with Crippen LogP contribution in [0.25, 0.3) is 10.2 Å². The van der Waals surface area contributed by atoms with Crippen LogP contribution in [0.2, 0.25) is 0 Å². The van der Waals surface area contributed by atoms with Crippen LogP contribution in [-0.4, -0.2) is 20.4 Å². The first-order valence-electron chi connectivity index (χ1n) is 8.74. The molecule has 0 aliphatic carbocycles. The molecule has 4 heterocycles. The van der Waals surface area contributed by atoms with E-state index in [4.69, 9.17) is 4.98 Å². The molecule has 6 nitrogen and oxygen atoms in total. The Morgan fingerprint density at radius 3 is 2.65 bits per heavy atom. The van der Waals surface area contributed by atoms with E-state index in [1.807, 2.05) is 20.8 Å². The summed E-state index contributed by atoms with van der Waals surface area (Å²) in [7, 11) is 0. The third kappa shape index (κ3) is 2.87. The quantitative estimate of drug-likeness (QED) is 0.724. The molecule has 0 saturated carbocycles. The lowest BCUT2D eigenvalue weighted by Gasteiger charge is -2.08. The number of thiazole rings is 1. The lowest BCUT2D eigenvalue weighted by atomic mass is 10.2. The summed E-state index contributed by atoms with van der Waals surface area (Å²) in [4.78, 5) is 37.1. The third-order valence-electron chi connectivity index (χ3n) is 4.87. The second kappa shape index (κ2) is 6.59. The molecule has 3 aromatic rings. The second-order valence-electron chi connectivity index (χ2n) is 6.65. The van der Waals surface area contributed by atoms with Gasteiger partial charge in [0.1, 0.15) is 10.7 Å². The molecule has 0 saturated heterocycles. The van der Waals surface area contributed by atoms with Crippen LogP contribution in [0.1, 0.15) is 50.9 Å². The largest absolute Gasteiger partial charge is 0.297 e. The molecule has 8 heteroatoms. The number of nitrogens with one attached hydrogen (secondary N) is 1. The van der Waals surface area contributed by atoms with Crippen LogP contribution < -0.4 is 10.9 Å². The van der Waals surface area contributed by atoms with E-state index in [0.717, 1.165) is 42.1 Å². The number of fused-ring (bicyclic) bond motifs is 2. The number of rotatable bonds is 2. The predicted molar refractivity (Wildman–Crippen MR) is 106 cm³/mol. The van der Waals surface area contributed by atoms with Crippen LogP contribution in [0, 0.1) is 20.8 Å². The highest BCUT2D eigenvalue weighted by molar-refractivity contribution is 7.21. The highest BCUT2D eigenvalue weighted by Gasteiger charge is 2.22. The van der Waals surface area contributed by atoms with E-state index < -0.39 is 0 Å². The molecule has 4 rings (SSSR count). The zero-order valence-electron chi connectivity index (χ0n) is 15.0. The van der Waals surface area contributed by atoms with Crippen molar-refractivity contribution < 1.29 is 4.79 Å². The van der Waals surface area contributed by atoms with Crippen molar-refractivity contribution in [2.75, 3.05) is 5.32 Å². The Morgan fingerprint density at radius 1 is 1.12 bits per heavy atom. The first kappa shape index (κ1) is 17.4. The number of hydrogen-bond acceptors (Lipinski definition) is 6. The van der Waals surface area contributed by atoms with Crippen LogP contribution in [0.4, 0.5) is 5.13 Å². The Kier molecular flexibility index (Phi) is 4.40. The van der Waals surface area contributed by atoms with Gasteiger partial charge in [0.25, 0.3) is 11.5 Å². The summed E-state index contributed by atoms with van der Waals surface area (Å²) in [6.45, 7) is 6.44. The average Bonchev–Trinajstić information content (AvgIpc) is 2.97. The fourth-order valence-corrected chi connectivity index (χ4v) is 5.20. The van der Waals surface area contributed by atoms with Gasteiger partial charge in [-0.2, -0.15) is 0 Å². The summed E-state index contributed by atoms with van der Waals surface area (Å²) in [5, 5.41) is 4.03. The maximum Gasteiger partial charge on any atom is 0.267 e. The number of anilines is 1. The Bertz CT molecular complexity index is 1060. The molecule has 26 heavy (non-hydrogen) atoms. The normalized spacial score (nSPS) is 14.3. The minimum absolute atomic E-state index is 0.0133. The summed E-state index contributed by atoms with van der Waals surface area (Å²) in [6.07, 6.45) is 3.99. The van der Waals surface area contributed by atoms with Crippen molar-refractivity contribution in [1.82, 2.24) is 14.5 Å². The maximum atomic E-state index is 13.0. The van der Waals surface area contributed by atoms with Gasteiger partial charge in [-0.15, -0.1) is 22.7 Å². The molecule has 1 aliphatic rings. The number of nitrogens with zero attached hydrogens (tertiary/aromatic N) is 3. The number of hydrogen-bond donors (Lipinski definition) is 1. The van der Waals surface area contributed by atoms with Crippen molar-refractivity contribution >= 4 is 43.9 Å². The molecule has 0 bridgehead atoms. The lowest BCUT2D eigenvalue weighted by Crippen LogP contribution is -2.24. The number of amides is 1. The second-order valence-corrected chi connectivity index (χ2v) is 8.85. The summed E-state index contributed by atoms with van der Waals surface area (Å²) < 4.78 is 1.80. The number of carbonyl (C=O) groups excluding carboxylic acids is 1. The topological polar surface area (TPSA) is 76.9 Å². The van der Waals surface area contributed by atoms with Gasteiger partial charge >= 0.3 is 0 Å². The van der Waals surface area contributed by atoms with Crippen molar-refractivity contribution in [1.29, 1.82) is 0 Å². The number of carbonyl (C=O) groups is 1. The Hall–Kier alpha value is -2.06. The highest BCUT2D eigenvalue weighted by atomic mass is 32.1. The highest BCUT2D eigenvalue weighted by Crippen LogP contribution is 2.30. The van der Waals surface area contributed by atoms with Gasteiger partial charge in [0.05, 0.1) is 16.0 Å². The van der Waals surface area contributed by atoms with Crippen molar-refractivity contribution in [2.24, 2.45) is 0 Å². The Balaban J connectivity index is 1.76. The van der Waals surface area contributed by atoms with Gasteiger partial charge in [-0.25, -0.2) is 9.97 Å². The zero-order chi connectivity index (χ0) is 18.4. The van der Waals surface area contributed by atoms with E-state index in [9.17, 15) is 9.59 Å². The van der Waals surface area contributed by atoms with Crippen LogP contribution in [0.15, 0.2) is 4.79 Å². The van der Waals surface area contributed by atoms with Crippen LogP contribution in [0.3, 0.4) is 0 Å². The molecule has 0 radical (unpaired) electrons. The number of aryl methyl sites for hydroxylation is 4. The van der Waals surface area contributed by atoms with Crippen LogP contribution in [0.5, 0.6) is 0 Å². The summed E-state index contributed by atoms with van der Waals surface area (Å²) in [5.41, 5.74) is 1.62. The zero-order valence-corrected chi connectivity index (χ0v) is 16.6. The van der Waals surface area contributed by atoms with Gasteiger partial charge in [0.2, 0.25) is 0 Å². The summed E-state index contributed by atoms with van der Waals surface area (Å²) in [6, 6.07) is 0. The molecule has 136 valence electrons. The van der Waals surface area contributed by atoms with Gasteiger partial charge in [0, 0.05) is 17.8 Å². The maximum absolute atomic E-state index is 13.0. The molecule has 0 unspecified atom stereocenters. The van der Waals surface area contributed by atoms with Gasteiger partial charge in [-0.05, 0) is 39.2 Å². The molecular weight excluding hydrogens is 368 g/mol. The van der Waals surface area contributed by atoms with Crippen molar-refractivity contribution in [2.45, 2.75) is 53.0 Å². The molecule has 3 aromatic heterocycles. The van der Waals surface area contributed by atoms with Crippen molar-refractivity contribution in [3.8, 4) is 0 Å². The van der Waals surface area contributed by atoms with Gasteiger partial charge in [0.15, 0.2) is 5.13 Å². The minimum atomic E-state index is -0.223. The first-order chi connectivity index (χ1) is 12.5. The van der Waals surface area contributed by atoms with E-state index in [-0.39, 0.29) is 11.5 Å². The van der Waals surface area contributed by atoms with Crippen LogP contribution in [-0.2, 0) is 13.0 Å². The first-order valence-corrected chi connectivity index (χ1v) is 10.4. The third-order valence-corrected chi connectivity index (χ3v) is 7.04. The molecule has 1 amide bonds. The van der Waals surface area contributed by atoms with Gasteiger partial charge < -0.3 is 0 Å². The van der Waals surface area contributed by atoms with Crippen molar-refractivity contribution in [3.63, 3.8) is 0 Å². The molecule has 0 fully saturated rings. The number of aromatic nitrogens is 3. The van der Waals surface area contributed by atoms with Gasteiger partial charge in [-0.1, -0.05) is 6.42 Å². The van der Waals surface area contributed by atoms with Gasteiger partial charge in [-0.3, -0.25) is 19.5 Å². The SMILES string of the molecule is Cc1nc(NC(=O)c2sc3nc4n(c(=O)c3c2C)CCCCC4)sc1C. The van der Waals surface area contributed by atoms with E-state index >= 15 is 0 Å². The predicted octanol–water partition coefficient (Wildman–Crippen LogP) is 3.82. The van der Waals surface area contributed by atoms with E-state index in [1.165, 1.54) is 22.7 Å². The van der Waals surface area contributed by atoms with E-state index in [0.29, 0.717) is 32.3 Å². The molecule has 0 aromatic carbocycles. The monoisotopic (exact) mass is 388 g/mol. The fraction of sp³-hybridized carbons (Fsp3) is 0.444. The smallest absolute Gasteiger partial charge is 0.267 e. The van der Waals surface area contributed by atoms with E-state index in [1.54, 1.807) is 4.57 Å². The fourth-order valence-electron chi connectivity index (χ4n) is 3.31. The molecule has 1 N–H and O–H groups in total. The summed E-state index contributed by atoms with van der Waals surface area (Å²) >= 11 is 2.75. The molecular formula is C18H20N4O2S2. The Labute approximate surface area is 158 Å². The average molecular weight is 389 g/mol. The summed E-state index contributed by atoms with van der Waals surface area (Å²) in [5.74, 6) is 0.623. The standard InChI is InChI=1S/C18H20N4O2S2/c1-9-13-16(20-12-7-5-4-6-8-22(12)17(13)24)26-14(9)15(23)21-18-19-10(2)11(3)25-18/h4-8H2,1-3H3,(H,19,21,23). The molecule has 0 spiro atoms. The number of thiophene rings is 1. The minimum Gasteiger partial charge on any atom is -0.297 e. The van der Waals surface area contributed by atoms with Crippen molar-refractivity contribution in [3.05, 3.63) is 37.2 Å². The Morgan fingerprint density at radius 2 is 1.92 bits per heavy atom. The van der Waals surface area contributed by atoms with Crippen LogP contribution >= 0.6 is 22.7 Å². The lowest BCUT2D eigenvalue weighted by molar-refractivity contribution is 0.103. The molecule has 0 atom stereocenters. The van der Waals surface area contributed by atoms with E-state index in [2.05, 4.69) is 10.3 Å².